The highest BCUT2D eigenvalue weighted by Gasteiger charge is 2.21. The molecule has 1 saturated carbocycles. The lowest BCUT2D eigenvalue weighted by molar-refractivity contribution is -0.139. The van der Waals surface area contributed by atoms with Gasteiger partial charge in [0.1, 0.15) is 5.75 Å². The maximum atomic E-state index is 12.0. The van der Waals surface area contributed by atoms with E-state index in [4.69, 9.17) is 4.74 Å². The fourth-order valence-electron chi connectivity index (χ4n) is 2.38. The molecule has 1 aliphatic carbocycles. The van der Waals surface area contributed by atoms with E-state index in [2.05, 4.69) is 0 Å². The van der Waals surface area contributed by atoms with Crippen LogP contribution in [0.5, 0.6) is 5.75 Å². The molecule has 2 nitrogen and oxygen atoms in total. The van der Waals surface area contributed by atoms with Crippen molar-refractivity contribution in [3.63, 3.8) is 0 Å². The molecule has 0 saturated heterocycles. The van der Waals surface area contributed by atoms with Crippen LogP contribution in [0.2, 0.25) is 0 Å². The number of esters is 1. The highest BCUT2D eigenvalue weighted by atomic mass is 16.5. The van der Waals surface area contributed by atoms with Gasteiger partial charge in [-0.05, 0) is 25.0 Å². The van der Waals surface area contributed by atoms with Gasteiger partial charge < -0.3 is 4.74 Å². The van der Waals surface area contributed by atoms with Crippen molar-refractivity contribution in [3.05, 3.63) is 30.3 Å². The lowest BCUT2D eigenvalue weighted by Crippen LogP contribution is -2.21. The fourth-order valence-corrected chi connectivity index (χ4v) is 2.38. The van der Waals surface area contributed by atoms with Crippen LogP contribution in [0.3, 0.4) is 0 Å². The molecule has 0 unspecified atom stereocenters. The smallest absolute Gasteiger partial charge is 0.314 e. The first-order chi connectivity index (χ1) is 8.36. The van der Waals surface area contributed by atoms with Crippen molar-refractivity contribution in [3.8, 4) is 5.75 Å². The number of rotatable bonds is 2. The molecule has 1 aromatic rings. The van der Waals surface area contributed by atoms with Crippen LogP contribution in [0.15, 0.2) is 30.3 Å². The zero-order chi connectivity index (χ0) is 11.9. The van der Waals surface area contributed by atoms with E-state index < -0.39 is 0 Å². The van der Waals surface area contributed by atoms with E-state index in [1.54, 1.807) is 0 Å². The van der Waals surface area contributed by atoms with Crippen molar-refractivity contribution >= 4 is 5.97 Å². The number of ether oxygens (including phenoxy) is 1. The first-order valence-corrected chi connectivity index (χ1v) is 6.63. The van der Waals surface area contributed by atoms with Gasteiger partial charge in [0.15, 0.2) is 0 Å². The maximum Gasteiger partial charge on any atom is 0.314 e. The summed E-state index contributed by atoms with van der Waals surface area (Å²) < 4.78 is 5.41. The van der Waals surface area contributed by atoms with Gasteiger partial charge in [-0.1, -0.05) is 50.3 Å². The molecular formula is C15H20O2. The molecule has 1 aromatic carbocycles. The summed E-state index contributed by atoms with van der Waals surface area (Å²) in [5, 5.41) is 0. The molecule has 1 aliphatic rings. The lowest BCUT2D eigenvalue weighted by atomic mass is 9.91. The van der Waals surface area contributed by atoms with Crippen LogP contribution in [0.25, 0.3) is 0 Å². The third-order valence-electron chi connectivity index (χ3n) is 3.40. The summed E-state index contributed by atoms with van der Waals surface area (Å²) in [7, 11) is 0. The summed E-state index contributed by atoms with van der Waals surface area (Å²) in [5.41, 5.74) is 0. The normalized spacial score (nSPS) is 18.1. The Balaban J connectivity index is 1.89. The predicted octanol–water partition coefficient (Wildman–Crippen LogP) is 3.95. The van der Waals surface area contributed by atoms with Crippen LogP contribution >= 0.6 is 0 Å². The van der Waals surface area contributed by atoms with E-state index in [9.17, 15) is 4.79 Å². The summed E-state index contributed by atoms with van der Waals surface area (Å²) in [6.07, 6.45) is 8.14. The summed E-state index contributed by atoms with van der Waals surface area (Å²) in [6.45, 7) is 0. The SMILES string of the molecule is O=C(Oc1ccccc1)C1CCCCCCC1. The highest BCUT2D eigenvalue weighted by molar-refractivity contribution is 5.75. The van der Waals surface area contributed by atoms with Crippen molar-refractivity contribution in [2.45, 2.75) is 44.9 Å². The van der Waals surface area contributed by atoms with Crippen LogP contribution in [0, 0.1) is 5.92 Å². The Kier molecular flexibility index (Phi) is 4.60. The summed E-state index contributed by atoms with van der Waals surface area (Å²) in [5.74, 6) is 0.730. The topological polar surface area (TPSA) is 26.3 Å². The fraction of sp³-hybridized carbons (Fsp3) is 0.533. The third-order valence-corrected chi connectivity index (χ3v) is 3.40. The number of hydrogen-bond acceptors (Lipinski definition) is 2. The van der Waals surface area contributed by atoms with Gasteiger partial charge in [-0.2, -0.15) is 0 Å². The average molecular weight is 232 g/mol. The first-order valence-electron chi connectivity index (χ1n) is 6.63. The number of carbonyl (C=O) groups excluding carboxylic acids is 1. The molecule has 1 fully saturated rings. The molecule has 0 atom stereocenters. The van der Waals surface area contributed by atoms with Gasteiger partial charge in [0.2, 0.25) is 0 Å². The molecule has 0 bridgehead atoms. The highest BCUT2D eigenvalue weighted by Crippen LogP contribution is 2.24. The second-order valence-corrected chi connectivity index (χ2v) is 4.78. The average Bonchev–Trinajstić information content (AvgIpc) is 2.29. The monoisotopic (exact) mass is 232 g/mol. The second-order valence-electron chi connectivity index (χ2n) is 4.78. The molecule has 2 heteroatoms. The molecular weight excluding hydrogens is 212 g/mol. The van der Waals surface area contributed by atoms with Crippen molar-refractivity contribution in [1.29, 1.82) is 0 Å². The summed E-state index contributed by atoms with van der Waals surface area (Å²) in [4.78, 5) is 12.0. The van der Waals surface area contributed by atoms with E-state index >= 15 is 0 Å². The molecule has 0 aliphatic heterocycles. The first kappa shape index (κ1) is 12.2. The molecule has 0 amide bonds. The lowest BCUT2D eigenvalue weighted by Gasteiger charge is -2.18. The van der Waals surface area contributed by atoms with Gasteiger partial charge in [-0.3, -0.25) is 4.79 Å². The van der Waals surface area contributed by atoms with Crippen LogP contribution in [0.1, 0.15) is 44.9 Å². The molecule has 92 valence electrons. The van der Waals surface area contributed by atoms with Gasteiger partial charge in [-0.25, -0.2) is 0 Å². The molecule has 17 heavy (non-hydrogen) atoms. The molecule has 0 N–H and O–H groups in total. The van der Waals surface area contributed by atoms with Crippen molar-refractivity contribution < 1.29 is 9.53 Å². The molecule has 0 spiro atoms. The van der Waals surface area contributed by atoms with Gasteiger partial charge in [-0.15, -0.1) is 0 Å². The van der Waals surface area contributed by atoms with Crippen LogP contribution in [-0.2, 0) is 4.79 Å². The van der Waals surface area contributed by atoms with Crippen LogP contribution in [-0.4, -0.2) is 5.97 Å². The van der Waals surface area contributed by atoms with E-state index in [1.807, 2.05) is 30.3 Å². The van der Waals surface area contributed by atoms with Crippen molar-refractivity contribution in [2.75, 3.05) is 0 Å². The van der Waals surface area contributed by atoms with Gasteiger partial charge in [0, 0.05) is 0 Å². The summed E-state index contributed by atoms with van der Waals surface area (Å²) in [6, 6.07) is 9.37. The molecule has 0 aromatic heterocycles. The van der Waals surface area contributed by atoms with E-state index in [-0.39, 0.29) is 11.9 Å². The minimum Gasteiger partial charge on any atom is -0.426 e. The second kappa shape index (κ2) is 6.43. The minimum absolute atomic E-state index is 0.0434. The Morgan fingerprint density at radius 2 is 1.53 bits per heavy atom. The Bertz CT molecular complexity index is 337. The van der Waals surface area contributed by atoms with Gasteiger partial charge >= 0.3 is 5.97 Å². The Hall–Kier alpha value is -1.31. The number of carbonyl (C=O) groups is 1. The zero-order valence-corrected chi connectivity index (χ0v) is 10.2. The number of para-hydroxylation sites is 1. The number of benzene rings is 1. The summed E-state index contributed by atoms with van der Waals surface area (Å²) >= 11 is 0. The van der Waals surface area contributed by atoms with Gasteiger partial charge in [0.25, 0.3) is 0 Å². The van der Waals surface area contributed by atoms with E-state index in [1.165, 1.54) is 19.3 Å². The van der Waals surface area contributed by atoms with Crippen LogP contribution in [0.4, 0.5) is 0 Å². The largest absolute Gasteiger partial charge is 0.426 e. The number of hydrogen-bond donors (Lipinski definition) is 0. The van der Waals surface area contributed by atoms with Crippen LogP contribution < -0.4 is 4.74 Å². The quantitative estimate of drug-likeness (QED) is 0.570. The molecule has 0 heterocycles. The van der Waals surface area contributed by atoms with Crippen molar-refractivity contribution in [2.24, 2.45) is 5.92 Å². The van der Waals surface area contributed by atoms with Gasteiger partial charge in [0.05, 0.1) is 5.92 Å². The van der Waals surface area contributed by atoms with E-state index in [0.29, 0.717) is 5.75 Å². The minimum atomic E-state index is -0.0434. The third kappa shape index (κ3) is 3.88. The maximum absolute atomic E-state index is 12.0. The Morgan fingerprint density at radius 3 is 2.18 bits per heavy atom. The predicted molar refractivity (Wildman–Crippen MR) is 67.9 cm³/mol. The van der Waals surface area contributed by atoms with Crippen molar-refractivity contribution in [1.82, 2.24) is 0 Å². The zero-order valence-electron chi connectivity index (χ0n) is 10.2. The molecule has 0 radical (unpaired) electrons. The Morgan fingerprint density at radius 1 is 0.941 bits per heavy atom. The Labute approximate surface area is 103 Å². The van der Waals surface area contributed by atoms with E-state index in [0.717, 1.165) is 25.7 Å². The standard InChI is InChI=1S/C15H20O2/c16-15(17-14-11-7-4-8-12-14)13-9-5-2-1-3-6-10-13/h4,7-8,11-13H,1-3,5-6,9-10H2. The molecule has 2 rings (SSSR count).